The second-order valence-corrected chi connectivity index (χ2v) is 7.75. The Morgan fingerprint density at radius 1 is 1.35 bits per heavy atom. The summed E-state index contributed by atoms with van der Waals surface area (Å²) in [5.41, 5.74) is 6.23. The molecule has 2 aromatic rings. The van der Waals surface area contributed by atoms with E-state index in [4.69, 9.17) is 4.74 Å². The lowest BCUT2D eigenvalue weighted by Crippen LogP contribution is -2.48. The zero-order valence-corrected chi connectivity index (χ0v) is 16.7. The second-order valence-electron chi connectivity index (χ2n) is 7.75. The number of ether oxygens (including phenoxy) is 1. The number of anilines is 1. The Balaban J connectivity index is 1.95. The van der Waals surface area contributed by atoms with E-state index >= 15 is 0 Å². The number of hydrogen-bond acceptors (Lipinski definition) is 4. The summed E-state index contributed by atoms with van der Waals surface area (Å²) in [7, 11) is 1.61. The van der Waals surface area contributed by atoms with Crippen LogP contribution in [0.5, 0.6) is 5.88 Å². The van der Waals surface area contributed by atoms with E-state index in [2.05, 4.69) is 61.6 Å². The van der Waals surface area contributed by atoms with Gasteiger partial charge in [-0.05, 0) is 74.9 Å². The van der Waals surface area contributed by atoms with Crippen molar-refractivity contribution in [2.45, 2.75) is 52.5 Å². The zero-order chi connectivity index (χ0) is 18.9. The molecule has 0 fully saturated rings. The SMILES string of the molecule is CCN1c2cc(C)c(C=Nc3ccc(OC)nc3)cc2[C@H](C)CC1(C)C. The molecule has 0 bridgehead atoms. The number of aliphatic imine (C=N–C) groups is 1. The van der Waals surface area contributed by atoms with Crippen molar-refractivity contribution in [3.8, 4) is 5.88 Å². The van der Waals surface area contributed by atoms with Crippen molar-refractivity contribution >= 4 is 17.6 Å². The molecule has 0 amide bonds. The predicted molar refractivity (Wildman–Crippen MR) is 109 cm³/mol. The maximum atomic E-state index is 5.09. The fourth-order valence-corrected chi connectivity index (χ4v) is 4.10. The molecular formula is C22H29N3O. The highest BCUT2D eigenvalue weighted by molar-refractivity contribution is 5.85. The van der Waals surface area contributed by atoms with Gasteiger partial charge in [-0.15, -0.1) is 0 Å². The van der Waals surface area contributed by atoms with Gasteiger partial charge in [0.15, 0.2) is 0 Å². The number of fused-ring (bicyclic) bond motifs is 1. The summed E-state index contributed by atoms with van der Waals surface area (Å²) in [6.45, 7) is 12.4. The van der Waals surface area contributed by atoms with Crippen LogP contribution in [0.3, 0.4) is 0 Å². The monoisotopic (exact) mass is 351 g/mol. The number of aryl methyl sites for hydroxylation is 1. The average molecular weight is 351 g/mol. The first kappa shape index (κ1) is 18.4. The van der Waals surface area contributed by atoms with E-state index in [0.717, 1.165) is 18.7 Å². The Labute approximate surface area is 156 Å². The smallest absolute Gasteiger partial charge is 0.213 e. The molecule has 1 aliphatic rings. The standard InChI is InChI=1S/C22H29N3O/c1-7-25-20-10-15(2)17(11-19(20)16(3)12-22(25,4)5)13-23-18-8-9-21(26-6)24-14-18/h8-11,13-14,16H,7,12H2,1-6H3/t16-/m1/s1. The van der Waals surface area contributed by atoms with Gasteiger partial charge in [0.05, 0.1) is 19.0 Å². The van der Waals surface area contributed by atoms with Crippen LogP contribution in [0.2, 0.25) is 0 Å². The summed E-state index contributed by atoms with van der Waals surface area (Å²) in [6, 6.07) is 8.38. The minimum absolute atomic E-state index is 0.192. The van der Waals surface area contributed by atoms with Crippen LogP contribution in [0.25, 0.3) is 0 Å². The highest BCUT2D eigenvalue weighted by Crippen LogP contribution is 2.44. The molecule has 0 N–H and O–H groups in total. The van der Waals surface area contributed by atoms with Crippen LogP contribution in [-0.2, 0) is 0 Å². The second kappa shape index (κ2) is 7.10. The molecule has 1 aromatic heterocycles. The molecule has 2 heterocycles. The lowest BCUT2D eigenvalue weighted by Gasteiger charge is -2.47. The minimum Gasteiger partial charge on any atom is -0.481 e. The Kier molecular flexibility index (Phi) is 5.03. The van der Waals surface area contributed by atoms with Gasteiger partial charge < -0.3 is 9.64 Å². The van der Waals surface area contributed by atoms with E-state index < -0.39 is 0 Å². The Morgan fingerprint density at radius 3 is 2.73 bits per heavy atom. The van der Waals surface area contributed by atoms with Gasteiger partial charge in [-0.3, -0.25) is 4.99 Å². The Hall–Kier alpha value is -2.36. The van der Waals surface area contributed by atoms with Crippen molar-refractivity contribution < 1.29 is 4.74 Å². The topological polar surface area (TPSA) is 37.7 Å². The molecule has 138 valence electrons. The summed E-state index contributed by atoms with van der Waals surface area (Å²) >= 11 is 0. The van der Waals surface area contributed by atoms with Crippen molar-refractivity contribution in [3.63, 3.8) is 0 Å². The van der Waals surface area contributed by atoms with Crippen molar-refractivity contribution in [1.82, 2.24) is 4.98 Å². The number of rotatable bonds is 4. The lowest BCUT2D eigenvalue weighted by molar-refractivity contribution is 0.381. The Bertz CT molecular complexity index is 809. The third-order valence-electron chi connectivity index (χ3n) is 5.37. The van der Waals surface area contributed by atoms with Gasteiger partial charge in [0.2, 0.25) is 5.88 Å². The van der Waals surface area contributed by atoms with E-state index in [0.29, 0.717) is 11.8 Å². The summed E-state index contributed by atoms with van der Waals surface area (Å²) in [5, 5.41) is 0. The van der Waals surface area contributed by atoms with Crippen molar-refractivity contribution in [2.75, 3.05) is 18.6 Å². The molecule has 26 heavy (non-hydrogen) atoms. The van der Waals surface area contributed by atoms with E-state index in [1.165, 1.54) is 22.4 Å². The van der Waals surface area contributed by atoms with Crippen LogP contribution in [0.4, 0.5) is 11.4 Å². The van der Waals surface area contributed by atoms with E-state index in [9.17, 15) is 0 Å². The van der Waals surface area contributed by atoms with E-state index in [-0.39, 0.29) is 5.54 Å². The summed E-state index contributed by atoms with van der Waals surface area (Å²) in [6.07, 6.45) is 4.84. The number of aromatic nitrogens is 1. The summed E-state index contributed by atoms with van der Waals surface area (Å²) in [5.74, 6) is 1.14. The molecule has 1 aliphatic heterocycles. The van der Waals surface area contributed by atoms with Crippen LogP contribution < -0.4 is 9.64 Å². The van der Waals surface area contributed by atoms with E-state index in [1.54, 1.807) is 13.3 Å². The van der Waals surface area contributed by atoms with Crippen molar-refractivity contribution in [2.24, 2.45) is 4.99 Å². The largest absolute Gasteiger partial charge is 0.481 e. The minimum atomic E-state index is 0.192. The van der Waals surface area contributed by atoms with Gasteiger partial charge in [-0.2, -0.15) is 0 Å². The van der Waals surface area contributed by atoms with Crippen LogP contribution in [0.1, 0.15) is 56.7 Å². The molecule has 4 heteroatoms. The number of methoxy groups -OCH3 is 1. The van der Waals surface area contributed by atoms with Gasteiger partial charge in [-0.25, -0.2) is 4.98 Å². The van der Waals surface area contributed by atoms with Gasteiger partial charge >= 0.3 is 0 Å². The van der Waals surface area contributed by atoms with E-state index in [1.807, 2.05) is 18.3 Å². The van der Waals surface area contributed by atoms with Crippen LogP contribution >= 0.6 is 0 Å². The fourth-order valence-electron chi connectivity index (χ4n) is 4.10. The molecule has 0 spiro atoms. The first-order valence-electron chi connectivity index (χ1n) is 9.32. The van der Waals surface area contributed by atoms with Crippen LogP contribution in [0, 0.1) is 6.92 Å². The fraction of sp³-hybridized carbons (Fsp3) is 0.455. The number of nitrogens with zero attached hydrogens (tertiary/aromatic N) is 3. The number of hydrogen-bond donors (Lipinski definition) is 0. The number of pyridine rings is 1. The van der Waals surface area contributed by atoms with Gasteiger partial charge in [-0.1, -0.05) is 6.92 Å². The van der Waals surface area contributed by atoms with Crippen molar-refractivity contribution in [1.29, 1.82) is 0 Å². The molecule has 3 rings (SSSR count). The maximum absolute atomic E-state index is 5.09. The molecule has 0 radical (unpaired) electrons. The maximum Gasteiger partial charge on any atom is 0.213 e. The summed E-state index contributed by atoms with van der Waals surface area (Å²) in [4.78, 5) is 11.3. The van der Waals surface area contributed by atoms with Crippen LogP contribution in [-0.4, -0.2) is 30.4 Å². The molecule has 0 aliphatic carbocycles. The van der Waals surface area contributed by atoms with Gasteiger partial charge in [0, 0.05) is 30.1 Å². The van der Waals surface area contributed by atoms with Gasteiger partial charge in [0.1, 0.15) is 0 Å². The number of benzene rings is 1. The predicted octanol–water partition coefficient (Wildman–Crippen LogP) is 5.26. The Morgan fingerprint density at radius 2 is 2.12 bits per heavy atom. The quantitative estimate of drug-likeness (QED) is 0.705. The average Bonchev–Trinajstić information content (AvgIpc) is 2.60. The zero-order valence-electron chi connectivity index (χ0n) is 16.7. The summed E-state index contributed by atoms with van der Waals surface area (Å²) < 4.78 is 5.09. The first-order chi connectivity index (χ1) is 12.4. The molecule has 0 unspecified atom stereocenters. The third kappa shape index (κ3) is 3.46. The van der Waals surface area contributed by atoms with Gasteiger partial charge in [0.25, 0.3) is 0 Å². The van der Waals surface area contributed by atoms with Crippen LogP contribution in [0.15, 0.2) is 35.5 Å². The molecule has 4 nitrogen and oxygen atoms in total. The molecule has 0 saturated heterocycles. The van der Waals surface area contributed by atoms with Crippen molar-refractivity contribution in [3.05, 3.63) is 47.2 Å². The highest BCUT2D eigenvalue weighted by atomic mass is 16.5. The first-order valence-corrected chi connectivity index (χ1v) is 9.32. The molecule has 1 aromatic carbocycles. The molecular weight excluding hydrogens is 322 g/mol. The molecule has 1 atom stereocenters. The highest BCUT2D eigenvalue weighted by Gasteiger charge is 2.35. The molecule has 0 saturated carbocycles. The normalized spacial score (nSPS) is 18.8. The third-order valence-corrected chi connectivity index (χ3v) is 5.37. The lowest BCUT2D eigenvalue weighted by atomic mass is 9.79.